The van der Waals surface area contributed by atoms with Gasteiger partial charge in [0.1, 0.15) is 0 Å². The molecule has 0 aromatic heterocycles. The van der Waals surface area contributed by atoms with Crippen LogP contribution in [0.4, 0.5) is 0 Å². The van der Waals surface area contributed by atoms with E-state index in [2.05, 4.69) is 31.2 Å². The zero-order valence-electron chi connectivity index (χ0n) is 9.28. The van der Waals surface area contributed by atoms with Crippen LogP contribution >= 0.6 is 0 Å². The lowest BCUT2D eigenvalue weighted by Gasteiger charge is -2.28. The minimum atomic E-state index is 0.777. The number of hydrogen-bond acceptors (Lipinski definition) is 0. The zero-order valence-corrected chi connectivity index (χ0v) is 9.28. The Labute approximate surface area is 88.1 Å². The molecule has 0 radical (unpaired) electrons. The van der Waals surface area contributed by atoms with E-state index >= 15 is 0 Å². The number of allylic oxidation sites excluding steroid dienone is 4. The summed E-state index contributed by atoms with van der Waals surface area (Å²) in [5.41, 5.74) is 0. The number of hydrogen-bond donors (Lipinski definition) is 0. The lowest BCUT2D eigenvalue weighted by atomic mass is 9.77. The van der Waals surface area contributed by atoms with Crippen molar-refractivity contribution in [3.8, 4) is 0 Å². The van der Waals surface area contributed by atoms with Crippen molar-refractivity contribution in [2.24, 2.45) is 17.8 Å². The lowest BCUT2D eigenvalue weighted by Crippen LogP contribution is -2.15. The Hall–Kier alpha value is -0.520. The first-order valence-corrected chi connectivity index (χ1v) is 6.18. The van der Waals surface area contributed by atoms with Crippen molar-refractivity contribution in [3.05, 3.63) is 24.3 Å². The first-order valence-electron chi connectivity index (χ1n) is 6.18. The van der Waals surface area contributed by atoms with Gasteiger partial charge in [0, 0.05) is 0 Å². The monoisotopic (exact) mass is 190 g/mol. The summed E-state index contributed by atoms with van der Waals surface area (Å²) in [6, 6.07) is 0. The first kappa shape index (κ1) is 10.0. The average molecular weight is 190 g/mol. The maximum Gasteiger partial charge on any atom is -0.0256 e. The van der Waals surface area contributed by atoms with Crippen LogP contribution in [0.15, 0.2) is 24.3 Å². The SMILES string of the molecule is CC1/C=C\C=C/CC2CCC(CC2)C1. The van der Waals surface area contributed by atoms with Crippen LogP contribution in [0.1, 0.15) is 45.4 Å². The van der Waals surface area contributed by atoms with Crippen LogP contribution in [0.25, 0.3) is 0 Å². The van der Waals surface area contributed by atoms with Crippen molar-refractivity contribution < 1.29 is 0 Å². The summed E-state index contributed by atoms with van der Waals surface area (Å²) in [5, 5.41) is 0. The third-order valence-corrected chi connectivity index (χ3v) is 3.83. The molecule has 2 bridgehead atoms. The smallest absolute Gasteiger partial charge is 0.0256 e. The van der Waals surface area contributed by atoms with Crippen LogP contribution in [0.2, 0.25) is 0 Å². The molecular formula is C14H22. The third kappa shape index (κ3) is 2.73. The normalized spacial score (nSPS) is 42.8. The van der Waals surface area contributed by atoms with Gasteiger partial charge in [0.25, 0.3) is 0 Å². The van der Waals surface area contributed by atoms with E-state index < -0.39 is 0 Å². The van der Waals surface area contributed by atoms with E-state index in [-0.39, 0.29) is 0 Å². The van der Waals surface area contributed by atoms with E-state index in [1.807, 2.05) is 0 Å². The highest BCUT2D eigenvalue weighted by atomic mass is 14.3. The van der Waals surface area contributed by atoms with Gasteiger partial charge in [0.05, 0.1) is 0 Å². The Morgan fingerprint density at radius 3 is 2.43 bits per heavy atom. The molecule has 3 aliphatic carbocycles. The molecule has 0 heterocycles. The van der Waals surface area contributed by atoms with E-state index in [0.717, 1.165) is 17.8 Å². The van der Waals surface area contributed by atoms with Crippen LogP contribution in [0, 0.1) is 17.8 Å². The van der Waals surface area contributed by atoms with Crippen molar-refractivity contribution in [2.45, 2.75) is 45.4 Å². The molecule has 1 fully saturated rings. The van der Waals surface area contributed by atoms with Gasteiger partial charge in [-0.2, -0.15) is 0 Å². The van der Waals surface area contributed by atoms with Crippen molar-refractivity contribution in [3.63, 3.8) is 0 Å². The molecule has 1 atom stereocenters. The predicted molar refractivity (Wildman–Crippen MR) is 62.1 cm³/mol. The molecule has 0 heteroatoms. The second kappa shape index (κ2) is 4.82. The van der Waals surface area contributed by atoms with E-state index in [1.165, 1.54) is 38.5 Å². The van der Waals surface area contributed by atoms with Crippen molar-refractivity contribution in [2.75, 3.05) is 0 Å². The molecule has 0 aliphatic heterocycles. The van der Waals surface area contributed by atoms with Crippen molar-refractivity contribution in [1.82, 2.24) is 0 Å². The van der Waals surface area contributed by atoms with Gasteiger partial charge in [-0.05, 0) is 43.4 Å². The largest absolute Gasteiger partial charge is 0.0843 e. The van der Waals surface area contributed by atoms with Crippen molar-refractivity contribution in [1.29, 1.82) is 0 Å². The molecule has 1 unspecified atom stereocenters. The van der Waals surface area contributed by atoms with Crippen LogP contribution < -0.4 is 0 Å². The Morgan fingerprint density at radius 2 is 1.64 bits per heavy atom. The Morgan fingerprint density at radius 1 is 0.929 bits per heavy atom. The first-order chi connectivity index (χ1) is 6.84. The summed E-state index contributed by atoms with van der Waals surface area (Å²) in [4.78, 5) is 0. The highest BCUT2D eigenvalue weighted by molar-refractivity contribution is 5.05. The Balaban J connectivity index is 2.02. The highest BCUT2D eigenvalue weighted by Gasteiger charge is 2.21. The summed E-state index contributed by atoms with van der Waals surface area (Å²) >= 11 is 0. The van der Waals surface area contributed by atoms with E-state index in [9.17, 15) is 0 Å². The molecule has 3 aliphatic rings. The second-order valence-electron chi connectivity index (χ2n) is 5.15. The van der Waals surface area contributed by atoms with Gasteiger partial charge in [0.15, 0.2) is 0 Å². The van der Waals surface area contributed by atoms with Gasteiger partial charge < -0.3 is 0 Å². The molecule has 0 amide bonds. The Kier molecular flexibility index (Phi) is 3.44. The van der Waals surface area contributed by atoms with Gasteiger partial charge in [-0.3, -0.25) is 0 Å². The van der Waals surface area contributed by atoms with E-state index in [1.54, 1.807) is 0 Å². The summed E-state index contributed by atoms with van der Waals surface area (Å²) in [6.07, 6.45) is 17.9. The second-order valence-corrected chi connectivity index (χ2v) is 5.15. The molecule has 0 N–H and O–H groups in total. The fourth-order valence-electron chi connectivity index (χ4n) is 2.91. The van der Waals surface area contributed by atoms with Gasteiger partial charge >= 0.3 is 0 Å². The van der Waals surface area contributed by atoms with Crippen LogP contribution in [-0.2, 0) is 0 Å². The number of fused-ring (bicyclic) bond motifs is 6. The fraction of sp³-hybridized carbons (Fsp3) is 0.714. The maximum absolute atomic E-state index is 2.37. The summed E-state index contributed by atoms with van der Waals surface area (Å²) in [5.74, 6) is 2.78. The molecule has 0 aromatic carbocycles. The summed E-state index contributed by atoms with van der Waals surface area (Å²) in [7, 11) is 0. The number of rotatable bonds is 0. The molecular weight excluding hydrogens is 168 g/mol. The summed E-state index contributed by atoms with van der Waals surface area (Å²) in [6.45, 7) is 2.36. The van der Waals surface area contributed by atoms with E-state index in [0.29, 0.717) is 0 Å². The minimum Gasteiger partial charge on any atom is -0.0843 e. The molecule has 14 heavy (non-hydrogen) atoms. The molecule has 0 nitrogen and oxygen atoms in total. The molecule has 3 rings (SSSR count). The topological polar surface area (TPSA) is 0 Å². The summed E-state index contributed by atoms with van der Waals surface area (Å²) < 4.78 is 0. The zero-order chi connectivity index (χ0) is 9.80. The third-order valence-electron chi connectivity index (χ3n) is 3.83. The van der Waals surface area contributed by atoms with Crippen LogP contribution in [0.3, 0.4) is 0 Å². The maximum atomic E-state index is 2.37. The average Bonchev–Trinajstić information content (AvgIpc) is 2.25. The van der Waals surface area contributed by atoms with Crippen molar-refractivity contribution >= 4 is 0 Å². The van der Waals surface area contributed by atoms with Crippen LogP contribution in [0.5, 0.6) is 0 Å². The van der Waals surface area contributed by atoms with Gasteiger partial charge in [-0.25, -0.2) is 0 Å². The molecule has 78 valence electrons. The van der Waals surface area contributed by atoms with Gasteiger partial charge in [0.2, 0.25) is 0 Å². The van der Waals surface area contributed by atoms with Gasteiger partial charge in [-0.15, -0.1) is 0 Å². The highest BCUT2D eigenvalue weighted by Crippen LogP contribution is 2.34. The predicted octanol–water partition coefficient (Wildman–Crippen LogP) is 4.34. The molecule has 0 spiro atoms. The fourth-order valence-corrected chi connectivity index (χ4v) is 2.91. The van der Waals surface area contributed by atoms with Gasteiger partial charge in [-0.1, -0.05) is 44.1 Å². The molecule has 0 saturated heterocycles. The standard InChI is InChI=1S/C14H22/c1-12-5-3-2-4-6-13-7-9-14(11-12)10-8-13/h2-5,12-14H,6-11H2,1H3/b4-2-,5-3-. The Bertz CT molecular complexity index is 216. The lowest BCUT2D eigenvalue weighted by molar-refractivity contribution is 0.252. The molecule has 1 saturated carbocycles. The minimum absolute atomic E-state index is 0.777. The molecule has 0 aromatic rings. The van der Waals surface area contributed by atoms with E-state index in [4.69, 9.17) is 0 Å². The quantitative estimate of drug-likeness (QED) is 0.533. The van der Waals surface area contributed by atoms with Crippen LogP contribution in [-0.4, -0.2) is 0 Å².